The molecule has 224 valence electrons. The number of carbonyl (C=O) groups excluding carboxylic acids is 1. The molecule has 0 fully saturated rings. The number of H-pyrrole nitrogens is 1. The van der Waals surface area contributed by atoms with Gasteiger partial charge in [0, 0.05) is 17.0 Å². The number of aromatic nitrogens is 4. The second kappa shape index (κ2) is 13.7. The van der Waals surface area contributed by atoms with Crippen LogP contribution in [-0.4, -0.2) is 63.6 Å². The highest BCUT2D eigenvalue weighted by Gasteiger charge is 2.42. The van der Waals surface area contributed by atoms with Crippen molar-refractivity contribution in [2.45, 2.75) is 57.4 Å². The van der Waals surface area contributed by atoms with Crippen LogP contribution in [0, 0.1) is 11.8 Å². The average molecular weight is 583 g/mol. The van der Waals surface area contributed by atoms with E-state index in [1.165, 1.54) is 0 Å². The summed E-state index contributed by atoms with van der Waals surface area (Å²) in [6.07, 6.45) is 15.9. The molecule has 2 heterocycles. The number of fused-ring (bicyclic) bond motifs is 1. The molecule has 0 saturated heterocycles. The van der Waals surface area contributed by atoms with Gasteiger partial charge in [0.05, 0.1) is 38.0 Å². The maximum atomic E-state index is 13.6. The number of hydrazone groups is 1. The van der Waals surface area contributed by atoms with Gasteiger partial charge in [-0.25, -0.2) is 5.01 Å². The van der Waals surface area contributed by atoms with Gasteiger partial charge in [0.15, 0.2) is 11.5 Å². The smallest absolute Gasteiger partial charge is 0.247 e. The molecular weight excluding hydrogens is 544 g/mol. The van der Waals surface area contributed by atoms with Gasteiger partial charge in [-0.1, -0.05) is 24.3 Å². The van der Waals surface area contributed by atoms with Crippen LogP contribution < -0.4 is 14.2 Å². The topological polar surface area (TPSA) is 115 Å². The number of amides is 1. The normalized spacial score (nSPS) is 20.3. The molecule has 6 rings (SSSR count). The predicted molar refractivity (Wildman–Crippen MR) is 163 cm³/mol. The zero-order valence-electron chi connectivity index (χ0n) is 24.5. The Labute approximate surface area is 251 Å². The highest BCUT2D eigenvalue weighted by atomic mass is 16.5. The quantitative estimate of drug-likeness (QED) is 0.226. The summed E-state index contributed by atoms with van der Waals surface area (Å²) >= 11 is 0. The van der Waals surface area contributed by atoms with Crippen LogP contribution in [0.25, 0.3) is 11.4 Å². The minimum Gasteiger partial charge on any atom is -0.494 e. The first-order valence-corrected chi connectivity index (χ1v) is 15.2. The lowest BCUT2D eigenvalue weighted by Gasteiger charge is -2.40. The second-order valence-electron chi connectivity index (χ2n) is 11.1. The van der Waals surface area contributed by atoms with Crippen molar-refractivity contribution < 1.29 is 19.0 Å². The van der Waals surface area contributed by atoms with Crippen molar-refractivity contribution in [2.24, 2.45) is 16.9 Å². The van der Waals surface area contributed by atoms with Crippen molar-refractivity contribution in [1.29, 1.82) is 0 Å². The Hall–Kier alpha value is -4.47. The lowest BCUT2D eigenvalue weighted by atomic mass is 9.76. The number of nitrogens with one attached hydrogen (secondary N) is 1. The maximum Gasteiger partial charge on any atom is 0.247 e. The van der Waals surface area contributed by atoms with Gasteiger partial charge in [-0.2, -0.15) is 10.3 Å². The van der Waals surface area contributed by atoms with E-state index in [0.717, 1.165) is 74.0 Å². The van der Waals surface area contributed by atoms with Crippen LogP contribution in [0.2, 0.25) is 0 Å². The number of ether oxygens (including phenoxy) is 3. The Morgan fingerprint density at radius 2 is 1.58 bits per heavy atom. The molecule has 0 saturated carbocycles. The van der Waals surface area contributed by atoms with Gasteiger partial charge in [-0.3, -0.25) is 4.79 Å². The molecule has 0 unspecified atom stereocenters. The lowest BCUT2D eigenvalue weighted by Crippen LogP contribution is -2.49. The third kappa shape index (κ3) is 6.63. The number of carbonyl (C=O) groups is 1. The SMILES string of the molecule is COc1ccc(C2=NN(C3CCC=CCC3)C(=O)[C@@H]3CC=CC[C@H]23)cc1OCCCCOc1ccc(-c2nn[nH]n2)cc1. The van der Waals surface area contributed by atoms with Crippen LogP contribution in [-0.2, 0) is 4.79 Å². The van der Waals surface area contributed by atoms with E-state index in [1.54, 1.807) is 7.11 Å². The molecule has 2 atom stereocenters. The number of hydrogen-bond acceptors (Lipinski definition) is 8. The van der Waals surface area contributed by atoms with E-state index < -0.39 is 0 Å². The highest BCUT2D eigenvalue weighted by Crippen LogP contribution is 2.38. The Kier molecular flexibility index (Phi) is 9.10. The van der Waals surface area contributed by atoms with Crippen molar-refractivity contribution >= 4 is 11.6 Å². The van der Waals surface area contributed by atoms with E-state index in [2.05, 4.69) is 44.9 Å². The molecule has 0 bridgehead atoms. The van der Waals surface area contributed by atoms with E-state index in [1.807, 2.05) is 47.5 Å². The number of unbranched alkanes of at least 4 members (excludes halogenated alkanes) is 1. The molecule has 1 aliphatic heterocycles. The van der Waals surface area contributed by atoms with Crippen LogP contribution in [0.3, 0.4) is 0 Å². The standard InChI is InChI=1S/C33H38N6O4/c1-41-29-19-16-24(31-27-12-6-7-13-28(27)33(40)39(36-31)25-10-4-2-3-5-11-25)22-30(29)43-21-9-8-20-42-26-17-14-23(15-18-26)32-34-37-38-35-32/h2-3,6-7,14-19,22,25,27-28H,4-5,8-13,20-21H2,1H3,(H,34,35,37,38)/t27-,28+/m0/s1. The summed E-state index contributed by atoms with van der Waals surface area (Å²) in [5.74, 6) is 2.87. The molecule has 3 aromatic rings. The van der Waals surface area contributed by atoms with Gasteiger partial charge in [0.25, 0.3) is 0 Å². The molecular formula is C33H38N6O4. The number of nitrogens with zero attached hydrogens (tertiary/aromatic N) is 5. The Balaban J connectivity index is 1.09. The first-order valence-electron chi connectivity index (χ1n) is 15.2. The monoisotopic (exact) mass is 582 g/mol. The molecule has 10 heteroatoms. The van der Waals surface area contributed by atoms with Crippen LogP contribution in [0.1, 0.15) is 56.9 Å². The van der Waals surface area contributed by atoms with Gasteiger partial charge in [-0.05, 0) is 99.0 Å². The number of aromatic amines is 1. The first-order chi connectivity index (χ1) is 21.2. The average Bonchev–Trinajstić information content (AvgIpc) is 3.46. The zero-order chi connectivity index (χ0) is 29.4. The third-order valence-corrected chi connectivity index (χ3v) is 8.37. The molecule has 0 spiro atoms. The number of hydrogen-bond donors (Lipinski definition) is 1. The second-order valence-corrected chi connectivity index (χ2v) is 11.1. The largest absolute Gasteiger partial charge is 0.494 e. The van der Waals surface area contributed by atoms with E-state index in [4.69, 9.17) is 19.3 Å². The summed E-state index contributed by atoms with van der Waals surface area (Å²) in [5.41, 5.74) is 2.83. The van der Waals surface area contributed by atoms with Crippen molar-refractivity contribution in [2.75, 3.05) is 20.3 Å². The van der Waals surface area contributed by atoms with Crippen LogP contribution in [0.15, 0.2) is 71.9 Å². The Morgan fingerprint density at radius 3 is 2.30 bits per heavy atom. The van der Waals surface area contributed by atoms with Crippen molar-refractivity contribution in [3.8, 4) is 28.6 Å². The zero-order valence-corrected chi connectivity index (χ0v) is 24.5. The minimum atomic E-state index is -0.0737. The molecule has 1 N–H and O–H groups in total. The summed E-state index contributed by atoms with van der Waals surface area (Å²) in [7, 11) is 1.65. The fourth-order valence-corrected chi connectivity index (χ4v) is 6.04. The fraction of sp³-hybridized carbons (Fsp3) is 0.424. The summed E-state index contributed by atoms with van der Waals surface area (Å²) in [6.45, 7) is 1.11. The van der Waals surface area contributed by atoms with Gasteiger partial charge in [-0.15, -0.1) is 10.2 Å². The summed E-state index contributed by atoms with van der Waals surface area (Å²) < 4.78 is 17.8. The predicted octanol–water partition coefficient (Wildman–Crippen LogP) is 5.74. The fourth-order valence-electron chi connectivity index (χ4n) is 6.04. The van der Waals surface area contributed by atoms with E-state index in [0.29, 0.717) is 30.5 Å². The van der Waals surface area contributed by atoms with Crippen LogP contribution in [0.5, 0.6) is 17.2 Å². The molecule has 10 nitrogen and oxygen atoms in total. The Bertz CT molecular complexity index is 1460. The number of benzene rings is 2. The summed E-state index contributed by atoms with van der Waals surface area (Å²) in [4.78, 5) is 13.6. The number of tetrazole rings is 1. The van der Waals surface area contributed by atoms with Gasteiger partial charge in [0.1, 0.15) is 5.75 Å². The molecule has 1 aromatic heterocycles. The summed E-state index contributed by atoms with van der Waals surface area (Å²) in [5, 5.41) is 20.9. The Morgan fingerprint density at radius 1 is 0.860 bits per heavy atom. The van der Waals surface area contributed by atoms with E-state index >= 15 is 0 Å². The van der Waals surface area contributed by atoms with Crippen LogP contribution in [0.4, 0.5) is 0 Å². The van der Waals surface area contributed by atoms with E-state index in [9.17, 15) is 4.79 Å². The van der Waals surface area contributed by atoms with Gasteiger partial charge >= 0.3 is 0 Å². The minimum absolute atomic E-state index is 0.0670. The van der Waals surface area contributed by atoms with Crippen LogP contribution >= 0.6 is 0 Å². The van der Waals surface area contributed by atoms with Gasteiger partial charge < -0.3 is 14.2 Å². The van der Waals surface area contributed by atoms with Crippen molar-refractivity contribution in [1.82, 2.24) is 25.6 Å². The number of allylic oxidation sites excluding steroid dienone is 4. The number of methoxy groups -OCH3 is 1. The molecule has 3 aliphatic rings. The number of rotatable bonds is 11. The maximum absolute atomic E-state index is 13.6. The molecule has 1 amide bonds. The first kappa shape index (κ1) is 28.6. The third-order valence-electron chi connectivity index (χ3n) is 8.37. The molecule has 43 heavy (non-hydrogen) atoms. The lowest BCUT2D eigenvalue weighted by molar-refractivity contribution is -0.140. The van der Waals surface area contributed by atoms with E-state index in [-0.39, 0.29) is 23.8 Å². The van der Waals surface area contributed by atoms with Gasteiger partial charge in [0.2, 0.25) is 11.7 Å². The summed E-state index contributed by atoms with van der Waals surface area (Å²) in [6, 6.07) is 13.8. The molecule has 2 aliphatic carbocycles. The molecule has 2 aromatic carbocycles. The highest BCUT2D eigenvalue weighted by molar-refractivity contribution is 6.07. The van der Waals surface area contributed by atoms with Crippen molar-refractivity contribution in [3.05, 3.63) is 72.3 Å². The van der Waals surface area contributed by atoms with Crippen molar-refractivity contribution in [3.63, 3.8) is 0 Å². The molecule has 0 radical (unpaired) electrons.